The standard InChI is InChI=1S/C11H21NO2/c1-8-7-12-6-5-9(8)10(13)14-11(2,3)4/h8-9,12H,5-7H2,1-4H3/t8-,9?/m0/s1. The SMILES string of the molecule is C[C@H]1CNCCC1C(=O)OC(C)(C)C. The Morgan fingerprint density at radius 1 is 1.43 bits per heavy atom. The molecule has 1 aliphatic heterocycles. The number of hydrogen-bond donors (Lipinski definition) is 1. The number of rotatable bonds is 1. The van der Waals surface area contributed by atoms with Crippen LogP contribution < -0.4 is 5.32 Å². The second-order valence-corrected chi connectivity index (χ2v) is 5.11. The summed E-state index contributed by atoms with van der Waals surface area (Å²) in [5.41, 5.74) is -0.359. The lowest BCUT2D eigenvalue weighted by molar-refractivity contribution is -0.162. The molecule has 1 aliphatic rings. The maximum absolute atomic E-state index is 11.8. The summed E-state index contributed by atoms with van der Waals surface area (Å²) in [6.07, 6.45) is 0.899. The molecule has 1 heterocycles. The highest BCUT2D eigenvalue weighted by molar-refractivity contribution is 5.73. The number of esters is 1. The van der Waals surface area contributed by atoms with Crippen LogP contribution in [0.25, 0.3) is 0 Å². The molecule has 0 radical (unpaired) electrons. The van der Waals surface area contributed by atoms with Gasteiger partial charge in [0.25, 0.3) is 0 Å². The average Bonchev–Trinajstić information content (AvgIpc) is 2.01. The van der Waals surface area contributed by atoms with Gasteiger partial charge in [-0.2, -0.15) is 0 Å². The van der Waals surface area contributed by atoms with E-state index in [0.29, 0.717) is 5.92 Å². The Labute approximate surface area is 86.2 Å². The fraction of sp³-hybridized carbons (Fsp3) is 0.909. The van der Waals surface area contributed by atoms with Crippen LogP contribution in [0.4, 0.5) is 0 Å². The lowest BCUT2D eigenvalue weighted by Gasteiger charge is -2.30. The number of carbonyl (C=O) groups is 1. The number of piperidine rings is 1. The summed E-state index contributed by atoms with van der Waals surface area (Å²) in [6, 6.07) is 0. The Hall–Kier alpha value is -0.570. The first-order valence-electron chi connectivity index (χ1n) is 5.34. The van der Waals surface area contributed by atoms with E-state index in [1.807, 2.05) is 20.8 Å². The zero-order valence-corrected chi connectivity index (χ0v) is 9.59. The van der Waals surface area contributed by atoms with Crippen molar-refractivity contribution in [2.45, 2.75) is 39.7 Å². The van der Waals surface area contributed by atoms with Crippen molar-refractivity contribution < 1.29 is 9.53 Å². The molecule has 14 heavy (non-hydrogen) atoms. The molecule has 3 heteroatoms. The molecule has 1 rings (SSSR count). The summed E-state index contributed by atoms with van der Waals surface area (Å²) in [5, 5.41) is 3.27. The van der Waals surface area contributed by atoms with Crippen LogP contribution in [0, 0.1) is 11.8 Å². The largest absolute Gasteiger partial charge is 0.460 e. The lowest BCUT2D eigenvalue weighted by Crippen LogP contribution is -2.41. The average molecular weight is 199 g/mol. The van der Waals surface area contributed by atoms with Crippen LogP contribution >= 0.6 is 0 Å². The topological polar surface area (TPSA) is 38.3 Å². The van der Waals surface area contributed by atoms with E-state index in [0.717, 1.165) is 19.5 Å². The zero-order chi connectivity index (χ0) is 10.8. The van der Waals surface area contributed by atoms with Gasteiger partial charge in [-0.05, 0) is 46.2 Å². The van der Waals surface area contributed by atoms with E-state index >= 15 is 0 Å². The van der Waals surface area contributed by atoms with Crippen molar-refractivity contribution in [1.82, 2.24) is 5.32 Å². The molecular weight excluding hydrogens is 178 g/mol. The summed E-state index contributed by atoms with van der Waals surface area (Å²) in [6.45, 7) is 9.68. The van der Waals surface area contributed by atoms with Crippen LogP contribution in [0.5, 0.6) is 0 Å². The highest BCUT2D eigenvalue weighted by Crippen LogP contribution is 2.22. The maximum Gasteiger partial charge on any atom is 0.309 e. The van der Waals surface area contributed by atoms with Gasteiger partial charge in [-0.25, -0.2) is 0 Å². The van der Waals surface area contributed by atoms with E-state index in [1.54, 1.807) is 0 Å². The molecule has 0 aromatic heterocycles. The van der Waals surface area contributed by atoms with Crippen molar-refractivity contribution in [3.8, 4) is 0 Å². The third kappa shape index (κ3) is 3.29. The molecular formula is C11H21NO2. The third-order valence-electron chi connectivity index (χ3n) is 2.49. The van der Waals surface area contributed by atoms with Gasteiger partial charge in [0.2, 0.25) is 0 Å². The molecule has 0 bridgehead atoms. The molecule has 3 nitrogen and oxygen atoms in total. The van der Waals surface area contributed by atoms with Crippen molar-refractivity contribution in [3.63, 3.8) is 0 Å². The molecule has 0 aromatic rings. The van der Waals surface area contributed by atoms with Crippen molar-refractivity contribution in [1.29, 1.82) is 0 Å². The number of hydrogen-bond acceptors (Lipinski definition) is 3. The minimum Gasteiger partial charge on any atom is -0.460 e. The fourth-order valence-corrected chi connectivity index (χ4v) is 1.74. The van der Waals surface area contributed by atoms with Crippen molar-refractivity contribution in [3.05, 3.63) is 0 Å². The number of nitrogens with one attached hydrogen (secondary N) is 1. The minimum absolute atomic E-state index is 0.0356. The zero-order valence-electron chi connectivity index (χ0n) is 9.59. The molecule has 2 atom stereocenters. The number of ether oxygens (including phenoxy) is 1. The smallest absolute Gasteiger partial charge is 0.309 e. The van der Waals surface area contributed by atoms with Gasteiger partial charge in [-0.3, -0.25) is 4.79 Å². The van der Waals surface area contributed by atoms with Crippen molar-refractivity contribution in [2.75, 3.05) is 13.1 Å². The lowest BCUT2D eigenvalue weighted by atomic mass is 9.88. The maximum atomic E-state index is 11.8. The van der Waals surface area contributed by atoms with Crippen LogP contribution in [0.1, 0.15) is 34.1 Å². The monoisotopic (exact) mass is 199 g/mol. The normalized spacial score (nSPS) is 28.6. The van der Waals surface area contributed by atoms with Crippen molar-refractivity contribution in [2.24, 2.45) is 11.8 Å². The predicted octanol–water partition coefficient (Wildman–Crippen LogP) is 1.57. The molecule has 0 aliphatic carbocycles. The van der Waals surface area contributed by atoms with Crippen LogP contribution in [0.2, 0.25) is 0 Å². The Bertz CT molecular complexity index is 208. The molecule has 1 saturated heterocycles. The third-order valence-corrected chi connectivity index (χ3v) is 2.49. The molecule has 1 unspecified atom stereocenters. The minimum atomic E-state index is -0.359. The molecule has 0 spiro atoms. The highest BCUT2D eigenvalue weighted by Gasteiger charge is 2.31. The fourth-order valence-electron chi connectivity index (χ4n) is 1.74. The van der Waals surface area contributed by atoms with Crippen LogP contribution in [-0.2, 0) is 9.53 Å². The molecule has 1 N–H and O–H groups in total. The highest BCUT2D eigenvalue weighted by atomic mass is 16.6. The van der Waals surface area contributed by atoms with Crippen LogP contribution in [0.3, 0.4) is 0 Å². The second-order valence-electron chi connectivity index (χ2n) is 5.11. The van der Waals surface area contributed by atoms with Gasteiger partial charge < -0.3 is 10.1 Å². The van der Waals surface area contributed by atoms with Gasteiger partial charge in [0.1, 0.15) is 5.60 Å². The van der Waals surface area contributed by atoms with E-state index in [-0.39, 0.29) is 17.5 Å². The summed E-state index contributed by atoms with van der Waals surface area (Å²) >= 11 is 0. The van der Waals surface area contributed by atoms with Gasteiger partial charge in [0.05, 0.1) is 5.92 Å². The van der Waals surface area contributed by atoms with E-state index in [9.17, 15) is 4.79 Å². The van der Waals surface area contributed by atoms with Gasteiger partial charge in [-0.15, -0.1) is 0 Å². The first kappa shape index (κ1) is 11.5. The van der Waals surface area contributed by atoms with Crippen LogP contribution in [0.15, 0.2) is 0 Å². The summed E-state index contributed by atoms with van der Waals surface area (Å²) in [4.78, 5) is 11.8. The summed E-state index contributed by atoms with van der Waals surface area (Å²) in [7, 11) is 0. The number of carbonyl (C=O) groups excluding carboxylic acids is 1. The Kier molecular flexibility index (Phi) is 3.53. The first-order valence-corrected chi connectivity index (χ1v) is 5.34. The van der Waals surface area contributed by atoms with Gasteiger partial charge in [-0.1, -0.05) is 6.92 Å². The summed E-state index contributed by atoms with van der Waals surface area (Å²) < 4.78 is 5.38. The van der Waals surface area contributed by atoms with Crippen molar-refractivity contribution >= 4 is 5.97 Å². The van der Waals surface area contributed by atoms with Gasteiger partial charge in [0, 0.05) is 0 Å². The first-order chi connectivity index (χ1) is 6.40. The van der Waals surface area contributed by atoms with E-state index in [1.165, 1.54) is 0 Å². The molecule has 0 aromatic carbocycles. The molecule has 1 fully saturated rings. The Morgan fingerprint density at radius 3 is 2.57 bits per heavy atom. The quantitative estimate of drug-likeness (QED) is 0.651. The molecule has 82 valence electrons. The van der Waals surface area contributed by atoms with E-state index in [2.05, 4.69) is 12.2 Å². The van der Waals surface area contributed by atoms with Crippen LogP contribution in [-0.4, -0.2) is 24.7 Å². The van der Waals surface area contributed by atoms with Gasteiger partial charge in [0.15, 0.2) is 0 Å². The predicted molar refractivity (Wildman–Crippen MR) is 56.0 cm³/mol. The summed E-state index contributed by atoms with van der Waals surface area (Å²) in [5.74, 6) is 0.431. The molecule has 0 saturated carbocycles. The Morgan fingerprint density at radius 2 is 2.07 bits per heavy atom. The van der Waals surface area contributed by atoms with E-state index < -0.39 is 0 Å². The second kappa shape index (κ2) is 4.30. The van der Waals surface area contributed by atoms with Gasteiger partial charge >= 0.3 is 5.97 Å². The molecule has 0 amide bonds. The Balaban J connectivity index is 2.50. The van der Waals surface area contributed by atoms with E-state index in [4.69, 9.17) is 4.74 Å².